The van der Waals surface area contributed by atoms with Crippen molar-refractivity contribution in [2.75, 3.05) is 44.7 Å². The predicted octanol–water partition coefficient (Wildman–Crippen LogP) is 1.75. The Morgan fingerprint density at radius 2 is 1.88 bits per heavy atom. The Morgan fingerprint density at radius 3 is 2.59 bits per heavy atom. The van der Waals surface area contributed by atoms with Crippen LogP contribution in [0.3, 0.4) is 0 Å². The molecule has 1 atom stereocenters. The third kappa shape index (κ3) is 4.62. The van der Waals surface area contributed by atoms with Crippen LogP contribution in [-0.2, 0) is 11.3 Å². The number of nitrogens with zero attached hydrogens (tertiary/aromatic N) is 5. The number of anilines is 1. The highest BCUT2D eigenvalue weighted by Gasteiger charge is 2.33. The molecule has 1 aromatic heterocycles. The first-order valence-electron chi connectivity index (χ1n) is 11.4. The maximum absolute atomic E-state index is 13.4. The van der Waals surface area contributed by atoms with E-state index in [1.54, 1.807) is 11.8 Å². The molecule has 2 fully saturated rings. The lowest BCUT2D eigenvalue weighted by Gasteiger charge is -2.39. The largest absolute Gasteiger partial charge is 0.371 e. The zero-order valence-electron chi connectivity index (χ0n) is 19.1. The van der Waals surface area contributed by atoms with Crippen molar-refractivity contribution in [2.24, 2.45) is 0 Å². The smallest absolute Gasteiger partial charge is 0.254 e. The van der Waals surface area contributed by atoms with Gasteiger partial charge in [-0.25, -0.2) is 4.63 Å². The molecule has 0 spiro atoms. The first-order chi connectivity index (χ1) is 15.5. The Hall–Kier alpha value is -2.94. The number of aryl methyl sites for hydroxylation is 1. The van der Waals surface area contributed by atoms with Gasteiger partial charge in [-0.2, -0.15) is 0 Å². The fourth-order valence-corrected chi connectivity index (χ4v) is 4.54. The molecule has 172 valence electrons. The number of likely N-dealkylation sites (N-methyl/N-ethyl adjacent to an activating group) is 1. The standard InChI is InChI=1S/C23H32N6O3/c1-16-18(8-7-9-20(16)28-10-5-4-6-11-28)23(31)29-13-12-27(3)21(15-29)22(30)24-14-19-17(2)25-32-26-19/h7-9,21H,4-6,10-15H2,1-3H3,(H,24,30)/t21-/m0/s1. The fourth-order valence-electron chi connectivity index (χ4n) is 4.54. The van der Waals surface area contributed by atoms with E-state index in [1.807, 2.05) is 31.0 Å². The molecule has 2 aliphatic heterocycles. The molecule has 2 aliphatic rings. The number of aromatic nitrogens is 2. The molecule has 1 aromatic carbocycles. The van der Waals surface area contributed by atoms with Gasteiger partial charge < -0.3 is 15.1 Å². The van der Waals surface area contributed by atoms with Gasteiger partial charge in [0.05, 0.1) is 6.54 Å². The van der Waals surface area contributed by atoms with E-state index in [0.29, 0.717) is 31.0 Å². The number of carbonyl (C=O) groups excluding carboxylic acids is 2. The predicted molar refractivity (Wildman–Crippen MR) is 120 cm³/mol. The van der Waals surface area contributed by atoms with E-state index in [1.165, 1.54) is 19.3 Å². The Bertz CT molecular complexity index is 968. The molecule has 4 rings (SSSR count). The molecule has 2 saturated heterocycles. The first-order valence-corrected chi connectivity index (χ1v) is 11.4. The van der Waals surface area contributed by atoms with Crippen LogP contribution in [-0.4, -0.2) is 77.7 Å². The minimum Gasteiger partial charge on any atom is -0.371 e. The van der Waals surface area contributed by atoms with Gasteiger partial charge in [-0.05, 0) is 57.9 Å². The minimum atomic E-state index is -0.418. The summed E-state index contributed by atoms with van der Waals surface area (Å²) in [7, 11) is 1.91. The highest BCUT2D eigenvalue weighted by Crippen LogP contribution is 2.27. The Labute approximate surface area is 188 Å². The molecule has 9 heteroatoms. The van der Waals surface area contributed by atoms with Crippen LogP contribution in [0.15, 0.2) is 22.8 Å². The Kier molecular flexibility index (Phi) is 6.74. The van der Waals surface area contributed by atoms with E-state index in [2.05, 4.69) is 31.2 Å². The quantitative estimate of drug-likeness (QED) is 0.757. The first kappa shape index (κ1) is 22.3. The third-order valence-electron chi connectivity index (χ3n) is 6.65. The van der Waals surface area contributed by atoms with Crippen LogP contribution in [0.4, 0.5) is 5.69 Å². The summed E-state index contributed by atoms with van der Waals surface area (Å²) in [6.45, 7) is 7.73. The summed E-state index contributed by atoms with van der Waals surface area (Å²) >= 11 is 0. The van der Waals surface area contributed by atoms with Crippen LogP contribution in [0.2, 0.25) is 0 Å². The average Bonchev–Trinajstić information content (AvgIpc) is 3.22. The summed E-state index contributed by atoms with van der Waals surface area (Å²) in [4.78, 5) is 32.5. The molecule has 2 amide bonds. The van der Waals surface area contributed by atoms with Gasteiger partial charge in [0.25, 0.3) is 5.91 Å². The topological polar surface area (TPSA) is 94.8 Å². The molecule has 0 bridgehead atoms. The second kappa shape index (κ2) is 9.68. The summed E-state index contributed by atoms with van der Waals surface area (Å²) in [6.07, 6.45) is 3.65. The number of nitrogens with one attached hydrogen (secondary N) is 1. The number of piperazine rings is 1. The molecular formula is C23H32N6O3. The van der Waals surface area contributed by atoms with Crippen molar-refractivity contribution in [3.05, 3.63) is 40.7 Å². The highest BCUT2D eigenvalue weighted by molar-refractivity contribution is 5.97. The second-order valence-corrected chi connectivity index (χ2v) is 8.76. The number of piperidine rings is 1. The molecule has 0 radical (unpaired) electrons. The van der Waals surface area contributed by atoms with Crippen molar-refractivity contribution >= 4 is 17.5 Å². The number of hydrogen-bond donors (Lipinski definition) is 1. The third-order valence-corrected chi connectivity index (χ3v) is 6.65. The fraction of sp³-hybridized carbons (Fsp3) is 0.565. The van der Waals surface area contributed by atoms with Crippen LogP contribution < -0.4 is 10.2 Å². The molecular weight excluding hydrogens is 408 g/mol. The molecule has 1 N–H and O–H groups in total. The molecule has 0 unspecified atom stereocenters. The molecule has 3 heterocycles. The van der Waals surface area contributed by atoms with Crippen molar-refractivity contribution in [3.63, 3.8) is 0 Å². The number of rotatable bonds is 5. The van der Waals surface area contributed by atoms with Gasteiger partial charge in [0.15, 0.2) is 0 Å². The van der Waals surface area contributed by atoms with E-state index < -0.39 is 6.04 Å². The van der Waals surface area contributed by atoms with Gasteiger partial charge in [0, 0.05) is 44.0 Å². The lowest BCUT2D eigenvalue weighted by atomic mass is 10.0. The van der Waals surface area contributed by atoms with Gasteiger partial charge in [0.1, 0.15) is 17.4 Å². The van der Waals surface area contributed by atoms with Gasteiger partial charge >= 0.3 is 0 Å². The maximum atomic E-state index is 13.4. The van der Waals surface area contributed by atoms with E-state index in [0.717, 1.165) is 29.9 Å². The van der Waals surface area contributed by atoms with Gasteiger partial charge in [-0.1, -0.05) is 16.4 Å². The Morgan fingerprint density at radius 1 is 1.09 bits per heavy atom. The van der Waals surface area contributed by atoms with Crippen molar-refractivity contribution in [3.8, 4) is 0 Å². The van der Waals surface area contributed by atoms with Crippen molar-refractivity contribution in [1.29, 1.82) is 0 Å². The monoisotopic (exact) mass is 440 g/mol. The number of benzene rings is 1. The van der Waals surface area contributed by atoms with Gasteiger partial charge in [0.2, 0.25) is 5.91 Å². The highest BCUT2D eigenvalue weighted by atomic mass is 16.6. The molecule has 0 aliphatic carbocycles. The van der Waals surface area contributed by atoms with Crippen LogP contribution in [0, 0.1) is 13.8 Å². The molecule has 0 saturated carbocycles. The lowest BCUT2D eigenvalue weighted by molar-refractivity contribution is -0.127. The minimum absolute atomic E-state index is 0.0104. The van der Waals surface area contributed by atoms with Crippen LogP contribution in [0.1, 0.15) is 46.6 Å². The summed E-state index contributed by atoms with van der Waals surface area (Å²) in [5, 5.41) is 10.4. The van der Waals surface area contributed by atoms with Gasteiger partial charge in [-0.3, -0.25) is 14.5 Å². The van der Waals surface area contributed by atoms with Gasteiger partial charge in [-0.15, -0.1) is 0 Å². The number of amides is 2. The number of hydrogen-bond acceptors (Lipinski definition) is 7. The summed E-state index contributed by atoms with van der Waals surface area (Å²) < 4.78 is 4.69. The van der Waals surface area contributed by atoms with Crippen molar-refractivity contribution in [1.82, 2.24) is 25.4 Å². The van der Waals surface area contributed by atoms with Crippen molar-refractivity contribution < 1.29 is 14.2 Å². The average molecular weight is 441 g/mol. The second-order valence-electron chi connectivity index (χ2n) is 8.76. The maximum Gasteiger partial charge on any atom is 0.254 e. The zero-order valence-corrected chi connectivity index (χ0v) is 19.1. The lowest BCUT2D eigenvalue weighted by Crippen LogP contribution is -2.58. The van der Waals surface area contributed by atoms with Crippen LogP contribution >= 0.6 is 0 Å². The van der Waals surface area contributed by atoms with Crippen LogP contribution in [0.25, 0.3) is 0 Å². The van der Waals surface area contributed by atoms with Crippen molar-refractivity contribution in [2.45, 2.75) is 45.7 Å². The molecule has 32 heavy (non-hydrogen) atoms. The summed E-state index contributed by atoms with van der Waals surface area (Å²) in [6, 6.07) is 5.56. The molecule has 9 nitrogen and oxygen atoms in total. The zero-order chi connectivity index (χ0) is 22.7. The van der Waals surface area contributed by atoms with E-state index >= 15 is 0 Å². The molecule has 2 aromatic rings. The Balaban J connectivity index is 1.45. The summed E-state index contributed by atoms with van der Waals surface area (Å²) in [5.41, 5.74) is 4.16. The van der Waals surface area contributed by atoms with E-state index in [9.17, 15) is 9.59 Å². The van der Waals surface area contributed by atoms with E-state index in [-0.39, 0.29) is 18.4 Å². The number of carbonyl (C=O) groups is 2. The van der Waals surface area contributed by atoms with E-state index in [4.69, 9.17) is 0 Å². The normalized spacial score (nSPS) is 19.8. The van der Waals surface area contributed by atoms with Crippen LogP contribution in [0.5, 0.6) is 0 Å². The SMILES string of the molecule is Cc1nonc1CNC(=O)[C@@H]1CN(C(=O)c2cccc(N3CCCCC3)c2C)CCN1C. The summed E-state index contributed by atoms with van der Waals surface area (Å²) in [5.74, 6) is -0.144.